The van der Waals surface area contributed by atoms with Crippen LogP contribution in [0.2, 0.25) is 0 Å². The maximum Gasteiger partial charge on any atom is 0.237 e. The third-order valence-electron chi connectivity index (χ3n) is 6.54. The quantitative estimate of drug-likeness (QED) is 0.748. The molecule has 6 nitrogen and oxygen atoms in total. The Hall–Kier alpha value is -2.73. The number of rotatable bonds is 7. The van der Waals surface area contributed by atoms with Gasteiger partial charge in [0.2, 0.25) is 11.8 Å². The average Bonchev–Trinajstić information content (AvgIpc) is 3.34. The summed E-state index contributed by atoms with van der Waals surface area (Å²) in [5.41, 5.74) is 1.92. The minimum absolute atomic E-state index is 0.0987. The first-order valence-corrected chi connectivity index (χ1v) is 11.4. The predicted molar refractivity (Wildman–Crippen MR) is 120 cm³/mol. The monoisotopic (exact) mass is 420 g/mol. The van der Waals surface area contributed by atoms with Gasteiger partial charge in [0.25, 0.3) is 0 Å². The minimum atomic E-state index is -0.113. The molecule has 2 heterocycles. The van der Waals surface area contributed by atoms with Crippen LogP contribution in [-0.4, -0.2) is 58.8 Å². The molecule has 2 aromatic rings. The Balaban J connectivity index is 1.34. The van der Waals surface area contributed by atoms with Crippen LogP contribution in [0.4, 0.5) is 0 Å². The van der Waals surface area contributed by atoms with Crippen LogP contribution >= 0.6 is 0 Å². The summed E-state index contributed by atoms with van der Waals surface area (Å²) < 4.78 is 0. The molecule has 1 aliphatic heterocycles. The molecule has 4 rings (SSSR count). The van der Waals surface area contributed by atoms with Gasteiger partial charge in [-0.2, -0.15) is 0 Å². The third-order valence-corrected chi connectivity index (χ3v) is 6.54. The lowest BCUT2D eigenvalue weighted by Gasteiger charge is -2.40. The number of aromatic nitrogens is 1. The Morgan fingerprint density at radius 3 is 2.35 bits per heavy atom. The van der Waals surface area contributed by atoms with Crippen molar-refractivity contribution in [3.8, 4) is 0 Å². The summed E-state index contributed by atoms with van der Waals surface area (Å²) in [6, 6.07) is 15.5. The second-order valence-electron chi connectivity index (χ2n) is 8.61. The molecule has 2 aliphatic rings. The summed E-state index contributed by atoms with van der Waals surface area (Å²) in [4.78, 5) is 34.5. The molecule has 0 radical (unpaired) electrons. The predicted octanol–water partition coefficient (Wildman–Crippen LogP) is 2.64. The smallest absolute Gasteiger partial charge is 0.237 e. The van der Waals surface area contributed by atoms with E-state index < -0.39 is 0 Å². The van der Waals surface area contributed by atoms with Crippen molar-refractivity contribution in [2.45, 2.75) is 44.7 Å². The molecular weight excluding hydrogens is 388 g/mol. The van der Waals surface area contributed by atoms with E-state index in [0.717, 1.165) is 37.2 Å². The number of carbonyl (C=O) groups is 2. The Morgan fingerprint density at radius 1 is 0.968 bits per heavy atom. The highest BCUT2D eigenvalue weighted by Gasteiger charge is 2.37. The van der Waals surface area contributed by atoms with Crippen molar-refractivity contribution in [3.05, 3.63) is 66.0 Å². The molecule has 6 heteroatoms. The molecule has 1 saturated heterocycles. The van der Waals surface area contributed by atoms with E-state index in [-0.39, 0.29) is 17.9 Å². The van der Waals surface area contributed by atoms with Crippen LogP contribution in [0, 0.1) is 5.92 Å². The van der Waals surface area contributed by atoms with Gasteiger partial charge in [0, 0.05) is 32.4 Å². The van der Waals surface area contributed by atoms with E-state index in [1.54, 1.807) is 6.20 Å². The number of hydrogen-bond acceptors (Lipinski definition) is 4. The molecular formula is C25H32N4O2. The van der Waals surface area contributed by atoms with Crippen LogP contribution < -0.4 is 5.32 Å². The van der Waals surface area contributed by atoms with Gasteiger partial charge in [-0.3, -0.25) is 19.5 Å². The highest BCUT2D eigenvalue weighted by molar-refractivity contribution is 5.82. The second-order valence-corrected chi connectivity index (χ2v) is 8.61. The summed E-state index contributed by atoms with van der Waals surface area (Å²) in [5.74, 6) is 0.666. The van der Waals surface area contributed by atoms with Crippen molar-refractivity contribution in [1.29, 1.82) is 0 Å². The minimum Gasteiger partial charge on any atom is -0.349 e. The molecule has 31 heavy (non-hydrogen) atoms. The molecule has 1 atom stereocenters. The van der Waals surface area contributed by atoms with Crippen molar-refractivity contribution >= 4 is 11.8 Å². The standard InChI is InChI=1S/C25H32N4O2/c30-23(18-20-8-2-1-3-9-20)28-14-16-29(17-15-28)24(21-10-4-5-11-21)25(31)27-19-22-12-6-7-13-26-22/h1-3,6-9,12-13,21,24H,4-5,10-11,14-19H2,(H,27,31)/t24-/m0/s1. The fourth-order valence-electron chi connectivity index (χ4n) is 4.87. The first-order chi connectivity index (χ1) is 15.2. The fraction of sp³-hybridized carbons (Fsp3) is 0.480. The number of pyridine rings is 1. The molecule has 1 saturated carbocycles. The zero-order chi connectivity index (χ0) is 21.5. The first-order valence-electron chi connectivity index (χ1n) is 11.4. The lowest BCUT2D eigenvalue weighted by atomic mass is 9.95. The number of carbonyl (C=O) groups excluding carboxylic acids is 2. The maximum absolute atomic E-state index is 13.2. The van der Waals surface area contributed by atoms with Crippen molar-refractivity contribution in [3.63, 3.8) is 0 Å². The molecule has 0 bridgehead atoms. The topological polar surface area (TPSA) is 65.5 Å². The van der Waals surface area contributed by atoms with Crippen LogP contribution in [0.15, 0.2) is 54.7 Å². The molecule has 1 N–H and O–H groups in total. The summed E-state index contributed by atoms with van der Waals surface area (Å²) in [7, 11) is 0. The van der Waals surface area contributed by atoms with E-state index in [2.05, 4.69) is 15.2 Å². The highest BCUT2D eigenvalue weighted by atomic mass is 16.2. The molecule has 2 fully saturated rings. The van der Waals surface area contributed by atoms with Gasteiger partial charge in [0.05, 0.1) is 24.7 Å². The van der Waals surface area contributed by atoms with Gasteiger partial charge in [-0.1, -0.05) is 49.2 Å². The van der Waals surface area contributed by atoms with Crippen LogP contribution in [-0.2, 0) is 22.6 Å². The van der Waals surface area contributed by atoms with Crippen molar-refractivity contribution in [2.75, 3.05) is 26.2 Å². The van der Waals surface area contributed by atoms with E-state index in [4.69, 9.17) is 0 Å². The molecule has 1 aromatic heterocycles. The number of nitrogens with one attached hydrogen (secondary N) is 1. The zero-order valence-corrected chi connectivity index (χ0v) is 18.1. The Labute approximate surface area is 184 Å². The first kappa shape index (κ1) is 21.5. The summed E-state index contributed by atoms with van der Waals surface area (Å²) in [5, 5.41) is 3.12. The molecule has 164 valence electrons. The summed E-state index contributed by atoms with van der Waals surface area (Å²) in [6.45, 7) is 3.32. The highest BCUT2D eigenvalue weighted by Crippen LogP contribution is 2.31. The molecule has 0 spiro atoms. The zero-order valence-electron chi connectivity index (χ0n) is 18.1. The van der Waals surface area contributed by atoms with Gasteiger partial charge < -0.3 is 10.2 Å². The van der Waals surface area contributed by atoms with E-state index in [1.807, 2.05) is 53.4 Å². The second kappa shape index (κ2) is 10.5. The van der Waals surface area contributed by atoms with Crippen LogP contribution in [0.3, 0.4) is 0 Å². The molecule has 0 unspecified atom stereocenters. The lowest BCUT2D eigenvalue weighted by molar-refractivity contribution is -0.134. The Bertz CT molecular complexity index is 844. The summed E-state index contributed by atoms with van der Waals surface area (Å²) >= 11 is 0. The lowest BCUT2D eigenvalue weighted by Crippen LogP contribution is -2.58. The van der Waals surface area contributed by atoms with E-state index in [1.165, 1.54) is 12.8 Å². The Morgan fingerprint density at radius 2 is 1.68 bits per heavy atom. The van der Waals surface area contributed by atoms with E-state index in [9.17, 15) is 9.59 Å². The van der Waals surface area contributed by atoms with Gasteiger partial charge in [0.15, 0.2) is 0 Å². The van der Waals surface area contributed by atoms with Gasteiger partial charge in [-0.05, 0) is 36.5 Å². The number of benzene rings is 1. The van der Waals surface area contributed by atoms with Crippen molar-refractivity contribution < 1.29 is 9.59 Å². The van der Waals surface area contributed by atoms with Crippen molar-refractivity contribution in [2.24, 2.45) is 5.92 Å². The van der Waals surface area contributed by atoms with Crippen LogP contribution in [0.25, 0.3) is 0 Å². The normalized spacial score (nSPS) is 18.6. The van der Waals surface area contributed by atoms with Crippen molar-refractivity contribution in [1.82, 2.24) is 20.1 Å². The number of nitrogens with zero attached hydrogens (tertiary/aromatic N) is 3. The van der Waals surface area contributed by atoms with Gasteiger partial charge in [-0.25, -0.2) is 0 Å². The number of piperazine rings is 1. The van der Waals surface area contributed by atoms with Gasteiger partial charge in [0.1, 0.15) is 0 Å². The Kier molecular flexibility index (Phi) is 7.30. The van der Waals surface area contributed by atoms with E-state index in [0.29, 0.717) is 32.0 Å². The van der Waals surface area contributed by atoms with Gasteiger partial charge >= 0.3 is 0 Å². The summed E-state index contributed by atoms with van der Waals surface area (Å²) in [6.07, 6.45) is 6.80. The third kappa shape index (κ3) is 5.70. The number of amides is 2. The van der Waals surface area contributed by atoms with Gasteiger partial charge in [-0.15, -0.1) is 0 Å². The molecule has 2 amide bonds. The largest absolute Gasteiger partial charge is 0.349 e. The molecule has 1 aromatic carbocycles. The van der Waals surface area contributed by atoms with E-state index >= 15 is 0 Å². The fourth-order valence-corrected chi connectivity index (χ4v) is 4.87. The molecule has 1 aliphatic carbocycles. The van der Waals surface area contributed by atoms with Crippen LogP contribution in [0.1, 0.15) is 36.9 Å². The SMILES string of the molecule is O=C(NCc1ccccn1)[C@H](C1CCCC1)N1CCN(C(=O)Cc2ccccc2)CC1. The number of hydrogen-bond donors (Lipinski definition) is 1. The average molecular weight is 421 g/mol. The maximum atomic E-state index is 13.2. The van der Waals surface area contributed by atoms with Crippen LogP contribution in [0.5, 0.6) is 0 Å².